The first-order valence-corrected chi connectivity index (χ1v) is 7.53. The topological polar surface area (TPSA) is 49.6 Å². The van der Waals surface area contributed by atoms with Crippen molar-refractivity contribution in [3.05, 3.63) is 0 Å². The van der Waals surface area contributed by atoms with Crippen molar-refractivity contribution in [1.29, 1.82) is 0 Å². The standard InChI is InChI=1S/C12H27N3OS/c1-6-15(10(2)9-14(3)4)12(16)11(13)7-8-17-5/h10-11H,6-9,13H2,1-5H3/t10?,11-/m1/s1. The minimum absolute atomic E-state index is 0.0795. The van der Waals surface area contributed by atoms with Crippen LogP contribution < -0.4 is 5.73 Å². The third-order valence-corrected chi connectivity index (χ3v) is 3.38. The number of carbonyl (C=O) groups excluding carboxylic acids is 1. The molecule has 0 bridgehead atoms. The number of hydrogen-bond donors (Lipinski definition) is 1. The van der Waals surface area contributed by atoms with E-state index in [1.807, 2.05) is 32.2 Å². The molecule has 1 amide bonds. The van der Waals surface area contributed by atoms with E-state index in [0.717, 1.165) is 25.3 Å². The van der Waals surface area contributed by atoms with Gasteiger partial charge in [-0.1, -0.05) is 0 Å². The van der Waals surface area contributed by atoms with Gasteiger partial charge in [0, 0.05) is 19.1 Å². The van der Waals surface area contributed by atoms with E-state index in [-0.39, 0.29) is 18.0 Å². The molecule has 4 nitrogen and oxygen atoms in total. The third-order valence-electron chi connectivity index (χ3n) is 2.74. The van der Waals surface area contributed by atoms with Gasteiger partial charge in [0.1, 0.15) is 0 Å². The number of hydrogen-bond acceptors (Lipinski definition) is 4. The Morgan fingerprint density at radius 1 is 1.41 bits per heavy atom. The van der Waals surface area contributed by atoms with Crippen molar-refractivity contribution >= 4 is 17.7 Å². The zero-order valence-corrected chi connectivity index (χ0v) is 12.6. The van der Waals surface area contributed by atoms with Gasteiger partial charge in [0.25, 0.3) is 0 Å². The van der Waals surface area contributed by atoms with Crippen LogP contribution in [0.15, 0.2) is 0 Å². The van der Waals surface area contributed by atoms with E-state index in [0.29, 0.717) is 0 Å². The fraction of sp³-hybridized carbons (Fsp3) is 0.917. The molecule has 0 heterocycles. The molecule has 17 heavy (non-hydrogen) atoms. The van der Waals surface area contributed by atoms with Crippen molar-refractivity contribution in [3.8, 4) is 0 Å². The zero-order chi connectivity index (χ0) is 13.4. The van der Waals surface area contributed by atoms with Crippen LogP contribution in [0.25, 0.3) is 0 Å². The third kappa shape index (κ3) is 6.29. The minimum atomic E-state index is -0.355. The molecule has 0 saturated carbocycles. The van der Waals surface area contributed by atoms with E-state index in [1.54, 1.807) is 11.8 Å². The SMILES string of the molecule is CCN(C(=O)[C@H](N)CCSC)C(C)CN(C)C. The summed E-state index contributed by atoms with van der Waals surface area (Å²) in [5.74, 6) is 1.02. The summed E-state index contributed by atoms with van der Waals surface area (Å²) in [6, 6.07) is -0.144. The van der Waals surface area contributed by atoms with Gasteiger partial charge in [-0.05, 0) is 46.4 Å². The second-order valence-corrected chi connectivity index (χ2v) is 5.61. The Hall–Kier alpha value is -0.260. The van der Waals surface area contributed by atoms with Crippen LogP contribution in [0.4, 0.5) is 0 Å². The lowest BCUT2D eigenvalue weighted by molar-refractivity contribution is -0.134. The molecule has 0 saturated heterocycles. The molecule has 0 radical (unpaired) electrons. The Morgan fingerprint density at radius 3 is 2.41 bits per heavy atom. The highest BCUT2D eigenvalue weighted by Crippen LogP contribution is 2.06. The molecule has 0 rings (SSSR count). The number of nitrogens with two attached hydrogens (primary N) is 1. The van der Waals surface area contributed by atoms with Gasteiger partial charge in [-0.15, -0.1) is 0 Å². The Bertz CT molecular complexity index is 224. The lowest BCUT2D eigenvalue weighted by Gasteiger charge is -2.32. The van der Waals surface area contributed by atoms with E-state index < -0.39 is 0 Å². The van der Waals surface area contributed by atoms with E-state index in [9.17, 15) is 4.79 Å². The van der Waals surface area contributed by atoms with Crippen LogP contribution in [0.2, 0.25) is 0 Å². The van der Waals surface area contributed by atoms with E-state index in [4.69, 9.17) is 5.73 Å². The van der Waals surface area contributed by atoms with Crippen molar-refractivity contribution < 1.29 is 4.79 Å². The van der Waals surface area contributed by atoms with Gasteiger partial charge < -0.3 is 15.5 Å². The largest absolute Gasteiger partial charge is 0.338 e. The first-order valence-electron chi connectivity index (χ1n) is 6.13. The average molecular weight is 261 g/mol. The molecule has 0 fully saturated rings. The summed E-state index contributed by atoms with van der Waals surface area (Å²) in [5.41, 5.74) is 5.93. The van der Waals surface area contributed by atoms with Crippen LogP contribution in [-0.4, -0.2) is 67.0 Å². The van der Waals surface area contributed by atoms with Crippen LogP contribution in [0.5, 0.6) is 0 Å². The molecule has 0 aromatic heterocycles. The number of amides is 1. The molecule has 0 aliphatic rings. The zero-order valence-electron chi connectivity index (χ0n) is 11.8. The van der Waals surface area contributed by atoms with Gasteiger partial charge in [0.2, 0.25) is 5.91 Å². The maximum absolute atomic E-state index is 12.2. The van der Waals surface area contributed by atoms with Crippen molar-refractivity contribution in [2.24, 2.45) is 5.73 Å². The summed E-state index contributed by atoms with van der Waals surface area (Å²) < 4.78 is 0. The second-order valence-electron chi connectivity index (χ2n) is 4.62. The monoisotopic (exact) mass is 261 g/mol. The van der Waals surface area contributed by atoms with Crippen LogP contribution in [0.3, 0.4) is 0 Å². The molecular weight excluding hydrogens is 234 g/mol. The normalized spacial score (nSPS) is 14.8. The Morgan fingerprint density at radius 2 is 2.00 bits per heavy atom. The average Bonchev–Trinajstić information content (AvgIpc) is 2.25. The lowest BCUT2D eigenvalue weighted by Crippen LogP contribution is -2.50. The molecule has 1 unspecified atom stereocenters. The van der Waals surface area contributed by atoms with Gasteiger partial charge in [-0.3, -0.25) is 4.79 Å². The van der Waals surface area contributed by atoms with Gasteiger partial charge >= 0.3 is 0 Å². The Kier molecular flexibility index (Phi) is 8.64. The van der Waals surface area contributed by atoms with Crippen molar-refractivity contribution in [2.75, 3.05) is 39.2 Å². The van der Waals surface area contributed by atoms with E-state index >= 15 is 0 Å². The summed E-state index contributed by atoms with van der Waals surface area (Å²) in [5, 5.41) is 0. The quantitative estimate of drug-likeness (QED) is 0.704. The van der Waals surface area contributed by atoms with Crippen LogP contribution >= 0.6 is 11.8 Å². The molecule has 0 aromatic carbocycles. The van der Waals surface area contributed by atoms with Crippen LogP contribution in [0, 0.1) is 0 Å². The summed E-state index contributed by atoms with van der Waals surface area (Å²) >= 11 is 1.73. The predicted molar refractivity (Wildman–Crippen MR) is 76.4 cm³/mol. The molecular formula is C12H27N3OS. The second kappa shape index (κ2) is 8.78. The highest BCUT2D eigenvalue weighted by atomic mass is 32.2. The first-order chi connectivity index (χ1) is 7.93. The molecule has 5 heteroatoms. The highest BCUT2D eigenvalue weighted by molar-refractivity contribution is 7.98. The Balaban J connectivity index is 4.37. The van der Waals surface area contributed by atoms with E-state index in [1.165, 1.54) is 0 Å². The molecule has 2 atom stereocenters. The van der Waals surface area contributed by atoms with Crippen LogP contribution in [-0.2, 0) is 4.79 Å². The Labute approximate surface area is 110 Å². The smallest absolute Gasteiger partial charge is 0.239 e. The molecule has 102 valence electrons. The number of carbonyl (C=O) groups is 1. The summed E-state index contributed by atoms with van der Waals surface area (Å²) in [4.78, 5) is 16.1. The first kappa shape index (κ1) is 16.7. The fourth-order valence-corrected chi connectivity index (χ4v) is 2.38. The maximum Gasteiger partial charge on any atom is 0.239 e. The number of thioether (sulfide) groups is 1. The fourth-order valence-electron chi connectivity index (χ4n) is 1.89. The van der Waals surface area contributed by atoms with E-state index in [2.05, 4.69) is 11.8 Å². The van der Waals surface area contributed by atoms with Gasteiger partial charge in [0.05, 0.1) is 6.04 Å². The summed E-state index contributed by atoms with van der Waals surface area (Å²) in [6.45, 7) is 5.67. The minimum Gasteiger partial charge on any atom is -0.338 e. The predicted octanol–water partition coefficient (Wildman–Crippen LogP) is 0.865. The van der Waals surface area contributed by atoms with Gasteiger partial charge in [-0.2, -0.15) is 11.8 Å². The molecule has 0 aliphatic heterocycles. The van der Waals surface area contributed by atoms with Crippen molar-refractivity contribution in [1.82, 2.24) is 9.80 Å². The maximum atomic E-state index is 12.2. The summed E-state index contributed by atoms with van der Waals surface area (Å²) in [7, 11) is 4.03. The van der Waals surface area contributed by atoms with Crippen molar-refractivity contribution in [3.63, 3.8) is 0 Å². The highest BCUT2D eigenvalue weighted by Gasteiger charge is 2.23. The number of rotatable bonds is 8. The lowest BCUT2D eigenvalue weighted by atomic mass is 10.1. The van der Waals surface area contributed by atoms with Crippen LogP contribution in [0.1, 0.15) is 20.3 Å². The number of likely N-dealkylation sites (N-methyl/N-ethyl adjacent to an activating group) is 2. The molecule has 0 aromatic rings. The molecule has 0 aliphatic carbocycles. The molecule has 0 spiro atoms. The van der Waals surface area contributed by atoms with Gasteiger partial charge in [0.15, 0.2) is 0 Å². The van der Waals surface area contributed by atoms with Gasteiger partial charge in [-0.25, -0.2) is 0 Å². The summed E-state index contributed by atoms with van der Waals surface area (Å²) in [6.07, 6.45) is 2.79. The molecule has 2 N–H and O–H groups in total. The van der Waals surface area contributed by atoms with Crippen molar-refractivity contribution in [2.45, 2.75) is 32.4 Å². The number of nitrogens with zero attached hydrogens (tertiary/aromatic N) is 2.